The first-order valence-corrected chi connectivity index (χ1v) is 5.74. The van der Waals surface area contributed by atoms with Crippen LogP contribution in [0.4, 0.5) is 0 Å². The molecule has 1 aromatic carbocycles. The molecule has 0 spiro atoms. The molecule has 1 aromatic rings. The van der Waals surface area contributed by atoms with Crippen LogP contribution in [-0.2, 0) is 0 Å². The predicted octanol–water partition coefficient (Wildman–Crippen LogP) is 3.99. The number of aryl methyl sites for hydroxylation is 1. The van der Waals surface area contributed by atoms with Gasteiger partial charge in [0.2, 0.25) is 0 Å². The summed E-state index contributed by atoms with van der Waals surface area (Å²) in [4.78, 5) is 0. The van der Waals surface area contributed by atoms with E-state index >= 15 is 0 Å². The van der Waals surface area contributed by atoms with E-state index in [0.29, 0.717) is 12.5 Å². The van der Waals surface area contributed by atoms with Gasteiger partial charge in [-0.15, -0.1) is 0 Å². The van der Waals surface area contributed by atoms with E-state index in [-0.39, 0.29) is 0 Å². The Bertz CT molecular complexity index is 441. The van der Waals surface area contributed by atoms with Gasteiger partial charge in [0.25, 0.3) is 0 Å². The van der Waals surface area contributed by atoms with Crippen LogP contribution in [0.3, 0.4) is 0 Å². The summed E-state index contributed by atoms with van der Waals surface area (Å²) >= 11 is 0. The van der Waals surface area contributed by atoms with Gasteiger partial charge in [0.1, 0.15) is 12.4 Å². The number of benzene rings is 1. The maximum atomic E-state index is 5.84. The van der Waals surface area contributed by atoms with E-state index in [1.165, 1.54) is 16.7 Å². The Labute approximate surface area is 97.4 Å². The van der Waals surface area contributed by atoms with E-state index in [0.717, 1.165) is 5.75 Å². The molecule has 16 heavy (non-hydrogen) atoms. The average Bonchev–Trinajstić information content (AvgIpc) is 2.32. The molecule has 1 aliphatic heterocycles. The molecule has 1 heterocycles. The summed E-state index contributed by atoms with van der Waals surface area (Å²) in [6.45, 7) is 7.08. The Morgan fingerprint density at radius 1 is 1.25 bits per heavy atom. The highest BCUT2D eigenvalue weighted by Crippen LogP contribution is 2.29. The molecule has 1 nitrogen and oxygen atoms in total. The van der Waals surface area contributed by atoms with Crippen molar-refractivity contribution in [1.29, 1.82) is 0 Å². The SMILES string of the molecule is C/C1=C/C=C\[C@@H](C)c2cc(C)ccc2OC1. The predicted molar refractivity (Wildman–Crippen MR) is 68.0 cm³/mol. The Kier molecular flexibility index (Phi) is 3.14. The van der Waals surface area contributed by atoms with E-state index in [1.54, 1.807) is 0 Å². The lowest BCUT2D eigenvalue weighted by Crippen LogP contribution is -2.02. The van der Waals surface area contributed by atoms with Gasteiger partial charge < -0.3 is 4.74 Å². The Balaban J connectivity index is 2.43. The summed E-state index contributed by atoms with van der Waals surface area (Å²) in [5.74, 6) is 1.41. The lowest BCUT2D eigenvalue weighted by Gasteiger charge is -2.14. The summed E-state index contributed by atoms with van der Waals surface area (Å²) in [6.07, 6.45) is 6.46. The van der Waals surface area contributed by atoms with Crippen LogP contribution in [0.15, 0.2) is 42.0 Å². The van der Waals surface area contributed by atoms with Gasteiger partial charge >= 0.3 is 0 Å². The highest BCUT2D eigenvalue weighted by molar-refractivity contribution is 5.42. The normalized spacial score (nSPS) is 25.2. The van der Waals surface area contributed by atoms with Crippen LogP contribution in [0.1, 0.15) is 30.9 Å². The van der Waals surface area contributed by atoms with Crippen LogP contribution < -0.4 is 4.74 Å². The first-order valence-electron chi connectivity index (χ1n) is 5.74. The van der Waals surface area contributed by atoms with Crippen LogP contribution in [0.2, 0.25) is 0 Å². The topological polar surface area (TPSA) is 9.23 Å². The fourth-order valence-corrected chi connectivity index (χ4v) is 1.89. The van der Waals surface area contributed by atoms with E-state index in [1.807, 2.05) is 0 Å². The molecule has 1 heteroatoms. The molecule has 0 unspecified atom stereocenters. The van der Waals surface area contributed by atoms with Crippen LogP contribution >= 0.6 is 0 Å². The maximum absolute atomic E-state index is 5.84. The minimum atomic E-state index is 0.400. The molecule has 1 atom stereocenters. The Hall–Kier alpha value is -1.50. The zero-order valence-corrected chi connectivity index (χ0v) is 10.2. The molecule has 0 bridgehead atoms. The van der Waals surface area contributed by atoms with Crippen LogP contribution in [-0.4, -0.2) is 6.61 Å². The van der Waals surface area contributed by atoms with Gasteiger partial charge in [-0.3, -0.25) is 0 Å². The molecular weight excluding hydrogens is 196 g/mol. The number of rotatable bonds is 0. The summed E-state index contributed by atoms with van der Waals surface area (Å²) in [6, 6.07) is 6.39. The minimum absolute atomic E-state index is 0.400. The van der Waals surface area contributed by atoms with E-state index in [2.05, 4.69) is 57.2 Å². The molecule has 0 fully saturated rings. The number of allylic oxidation sites excluding steroid dienone is 3. The van der Waals surface area contributed by atoms with E-state index in [9.17, 15) is 0 Å². The summed E-state index contributed by atoms with van der Waals surface area (Å²) in [7, 11) is 0. The fraction of sp³-hybridized carbons (Fsp3) is 0.333. The van der Waals surface area contributed by atoms with Gasteiger partial charge in [0.05, 0.1) is 0 Å². The maximum Gasteiger partial charge on any atom is 0.123 e. The average molecular weight is 214 g/mol. The number of ether oxygens (including phenoxy) is 1. The van der Waals surface area contributed by atoms with Crippen molar-refractivity contribution in [3.8, 4) is 5.75 Å². The zero-order chi connectivity index (χ0) is 11.5. The van der Waals surface area contributed by atoms with Crippen molar-refractivity contribution in [2.45, 2.75) is 26.7 Å². The van der Waals surface area contributed by atoms with Crippen molar-refractivity contribution in [2.75, 3.05) is 6.61 Å². The standard InChI is InChI=1S/C15H18O/c1-11-7-8-15-14(9-11)13(3)6-4-5-12(2)10-16-15/h4-9,13H,10H2,1-3H3/b6-4-,12-5-/t13-/m1/s1. The van der Waals surface area contributed by atoms with Crippen LogP contribution in [0, 0.1) is 6.92 Å². The van der Waals surface area contributed by atoms with Crippen molar-refractivity contribution in [1.82, 2.24) is 0 Å². The lowest BCUT2D eigenvalue weighted by molar-refractivity contribution is 0.348. The second kappa shape index (κ2) is 4.56. The molecule has 84 valence electrons. The summed E-state index contributed by atoms with van der Waals surface area (Å²) in [5, 5.41) is 0. The van der Waals surface area contributed by atoms with Gasteiger partial charge in [0.15, 0.2) is 0 Å². The van der Waals surface area contributed by atoms with Gasteiger partial charge in [-0.1, -0.05) is 42.8 Å². The molecule has 0 aliphatic carbocycles. The zero-order valence-electron chi connectivity index (χ0n) is 10.2. The third kappa shape index (κ3) is 2.35. The molecule has 0 radical (unpaired) electrons. The molecule has 0 aromatic heterocycles. The second-order valence-electron chi connectivity index (χ2n) is 4.52. The quantitative estimate of drug-likeness (QED) is 0.634. The molecular formula is C15H18O. The Morgan fingerprint density at radius 3 is 2.88 bits per heavy atom. The lowest BCUT2D eigenvalue weighted by atomic mass is 9.98. The fourth-order valence-electron chi connectivity index (χ4n) is 1.89. The molecule has 0 saturated heterocycles. The second-order valence-corrected chi connectivity index (χ2v) is 4.52. The molecule has 0 amide bonds. The minimum Gasteiger partial charge on any atom is -0.489 e. The number of hydrogen-bond donors (Lipinski definition) is 0. The van der Waals surface area contributed by atoms with Crippen molar-refractivity contribution in [3.63, 3.8) is 0 Å². The van der Waals surface area contributed by atoms with Crippen molar-refractivity contribution in [3.05, 3.63) is 53.1 Å². The smallest absolute Gasteiger partial charge is 0.123 e. The molecule has 1 aliphatic rings. The van der Waals surface area contributed by atoms with Gasteiger partial charge in [-0.2, -0.15) is 0 Å². The van der Waals surface area contributed by atoms with Crippen LogP contribution in [0.25, 0.3) is 0 Å². The first-order chi connectivity index (χ1) is 7.66. The van der Waals surface area contributed by atoms with E-state index in [4.69, 9.17) is 4.74 Å². The van der Waals surface area contributed by atoms with Gasteiger partial charge in [-0.25, -0.2) is 0 Å². The summed E-state index contributed by atoms with van der Waals surface area (Å²) < 4.78 is 5.84. The van der Waals surface area contributed by atoms with Crippen LogP contribution in [0.5, 0.6) is 5.75 Å². The Morgan fingerprint density at radius 2 is 2.06 bits per heavy atom. The van der Waals surface area contributed by atoms with Crippen molar-refractivity contribution < 1.29 is 4.74 Å². The molecule has 0 saturated carbocycles. The highest BCUT2D eigenvalue weighted by Gasteiger charge is 2.10. The third-order valence-corrected chi connectivity index (χ3v) is 2.89. The molecule has 0 N–H and O–H groups in total. The van der Waals surface area contributed by atoms with Gasteiger partial charge in [0, 0.05) is 11.5 Å². The number of hydrogen-bond acceptors (Lipinski definition) is 1. The van der Waals surface area contributed by atoms with Crippen molar-refractivity contribution >= 4 is 0 Å². The van der Waals surface area contributed by atoms with Crippen molar-refractivity contribution in [2.24, 2.45) is 0 Å². The third-order valence-electron chi connectivity index (χ3n) is 2.89. The molecule has 2 rings (SSSR count). The van der Waals surface area contributed by atoms with E-state index < -0.39 is 0 Å². The largest absolute Gasteiger partial charge is 0.489 e. The van der Waals surface area contributed by atoms with Gasteiger partial charge in [-0.05, 0) is 25.5 Å². The first kappa shape index (κ1) is 11.0. The number of fused-ring (bicyclic) bond motifs is 1. The summed E-state index contributed by atoms with van der Waals surface area (Å²) in [5.41, 5.74) is 3.81. The highest BCUT2D eigenvalue weighted by atomic mass is 16.5. The monoisotopic (exact) mass is 214 g/mol.